The Kier molecular flexibility index (Phi) is 5.06. The Morgan fingerprint density at radius 3 is 2.53 bits per heavy atom. The van der Waals surface area contributed by atoms with Crippen LogP contribution in [0.4, 0.5) is 18.0 Å². The first kappa shape index (κ1) is 16.1. The first-order valence-electron chi connectivity index (χ1n) is 6.35. The van der Waals surface area contributed by atoms with Crippen molar-refractivity contribution in [3.8, 4) is 0 Å². The molecule has 0 saturated carbocycles. The van der Waals surface area contributed by atoms with Gasteiger partial charge < -0.3 is 15.4 Å². The zero-order valence-electron chi connectivity index (χ0n) is 11.4. The lowest BCUT2D eigenvalue weighted by molar-refractivity contribution is -0.163. The van der Waals surface area contributed by atoms with Gasteiger partial charge in [0.15, 0.2) is 0 Å². The molecule has 4 nitrogen and oxygen atoms in total. The van der Waals surface area contributed by atoms with E-state index in [1.54, 1.807) is 20.8 Å². The van der Waals surface area contributed by atoms with Crippen molar-refractivity contribution in [2.45, 2.75) is 51.4 Å². The fourth-order valence-electron chi connectivity index (χ4n) is 1.97. The van der Waals surface area contributed by atoms with Crippen LogP contribution in [0.5, 0.6) is 0 Å². The van der Waals surface area contributed by atoms with Gasteiger partial charge in [0, 0.05) is 6.54 Å². The standard InChI is InChI=1S/C12H21F3N2O2/c1-11(2,3)19-10(18)17-7-8-4-5-16-9(6-8)12(13,14)15/h8-9,16H,4-7H2,1-3H3,(H,17,18)/t8-,9+/m1/s1. The average molecular weight is 282 g/mol. The lowest BCUT2D eigenvalue weighted by Crippen LogP contribution is -2.49. The average Bonchev–Trinajstić information content (AvgIpc) is 2.23. The van der Waals surface area contributed by atoms with E-state index in [-0.39, 0.29) is 18.9 Å². The highest BCUT2D eigenvalue weighted by Gasteiger charge is 2.42. The highest BCUT2D eigenvalue weighted by atomic mass is 19.4. The molecule has 0 spiro atoms. The maximum atomic E-state index is 12.6. The molecule has 7 heteroatoms. The van der Waals surface area contributed by atoms with E-state index in [0.29, 0.717) is 13.0 Å². The molecule has 19 heavy (non-hydrogen) atoms. The molecule has 1 rings (SSSR count). The van der Waals surface area contributed by atoms with Crippen LogP contribution in [0.1, 0.15) is 33.6 Å². The van der Waals surface area contributed by atoms with Gasteiger partial charge in [-0.2, -0.15) is 13.2 Å². The number of carbonyl (C=O) groups excluding carboxylic acids is 1. The maximum absolute atomic E-state index is 12.6. The van der Waals surface area contributed by atoms with Gasteiger partial charge in [-0.1, -0.05) is 0 Å². The number of hydrogen-bond acceptors (Lipinski definition) is 3. The molecule has 0 aromatic heterocycles. The Morgan fingerprint density at radius 1 is 1.37 bits per heavy atom. The molecule has 2 N–H and O–H groups in total. The number of halogens is 3. The van der Waals surface area contributed by atoms with E-state index in [0.717, 1.165) is 0 Å². The zero-order valence-corrected chi connectivity index (χ0v) is 11.4. The van der Waals surface area contributed by atoms with Gasteiger partial charge in [-0.3, -0.25) is 0 Å². The van der Waals surface area contributed by atoms with Crippen molar-refractivity contribution in [2.24, 2.45) is 5.92 Å². The third-order valence-corrected chi connectivity index (χ3v) is 2.84. The fourth-order valence-corrected chi connectivity index (χ4v) is 1.97. The molecule has 0 aromatic carbocycles. The Hall–Kier alpha value is -0.980. The van der Waals surface area contributed by atoms with Gasteiger partial charge in [0.1, 0.15) is 11.6 Å². The first-order chi connectivity index (χ1) is 8.58. The van der Waals surface area contributed by atoms with Crippen LogP contribution in [0.2, 0.25) is 0 Å². The minimum absolute atomic E-state index is 0.0146. The number of piperidine rings is 1. The van der Waals surface area contributed by atoms with E-state index in [4.69, 9.17) is 4.74 Å². The Balaban J connectivity index is 2.35. The van der Waals surface area contributed by atoms with Gasteiger partial charge in [0.25, 0.3) is 0 Å². The van der Waals surface area contributed by atoms with E-state index < -0.39 is 23.9 Å². The minimum atomic E-state index is -4.23. The van der Waals surface area contributed by atoms with Gasteiger partial charge in [0.05, 0.1) is 0 Å². The van der Waals surface area contributed by atoms with Crippen LogP contribution in [0.3, 0.4) is 0 Å². The molecule has 1 saturated heterocycles. The lowest BCUT2D eigenvalue weighted by Gasteiger charge is -2.31. The summed E-state index contributed by atoms with van der Waals surface area (Å²) in [4.78, 5) is 11.4. The van der Waals surface area contributed by atoms with E-state index in [1.807, 2.05) is 0 Å². The number of hydrogen-bond donors (Lipinski definition) is 2. The van der Waals surface area contributed by atoms with Crippen molar-refractivity contribution >= 4 is 6.09 Å². The molecule has 1 aliphatic rings. The van der Waals surface area contributed by atoms with Crippen LogP contribution in [0, 0.1) is 5.92 Å². The lowest BCUT2D eigenvalue weighted by atomic mass is 9.92. The third kappa shape index (κ3) is 6.13. The zero-order chi connectivity index (χ0) is 14.7. The van der Waals surface area contributed by atoms with E-state index in [1.165, 1.54) is 0 Å². The smallest absolute Gasteiger partial charge is 0.407 e. The molecule has 1 heterocycles. The highest BCUT2D eigenvalue weighted by Crippen LogP contribution is 2.28. The largest absolute Gasteiger partial charge is 0.444 e. The Labute approximate surface area is 111 Å². The Morgan fingerprint density at radius 2 is 2.00 bits per heavy atom. The summed E-state index contributed by atoms with van der Waals surface area (Å²) in [5, 5.41) is 4.97. The minimum Gasteiger partial charge on any atom is -0.444 e. The molecule has 0 aromatic rings. The van der Waals surface area contributed by atoms with Crippen LogP contribution in [-0.4, -0.2) is 37.0 Å². The summed E-state index contributed by atoms with van der Waals surface area (Å²) in [7, 11) is 0. The third-order valence-electron chi connectivity index (χ3n) is 2.84. The number of rotatable bonds is 2. The molecule has 112 valence electrons. The maximum Gasteiger partial charge on any atom is 0.407 e. The predicted octanol–water partition coefficient (Wildman–Crippen LogP) is 2.44. The summed E-state index contributed by atoms with van der Waals surface area (Å²) in [6.07, 6.45) is -4.22. The number of carbonyl (C=O) groups is 1. The Bertz CT molecular complexity index is 313. The summed E-state index contributed by atoms with van der Waals surface area (Å²) in [5.74, 6) is -0.180. The quantitative estimate of drug-likeness (QED) is 0.818. The molecular weight excluding hydrogens is 261 g/mol. The van der Waals surface area contributed by atoms with Gasteiger partial charge >= 0.3 is 12.3 Å². The fraction of sp³-hybridized carbons (Fsp3) is 0.917. The number of amides is 1. The summed E-state index contributed by atoms with van der Waals surface area (Å²) in [6, 6.07) is -1.48. The van der Waals surface area contributed by atoms with Gasteiger partial charge in [-0.25, -0.2) is 4.79 Å². The molecular formula is C12H21F3N2O2. The van der Waals surface area contributed by atoms with Crippen LogP contribution in [0.15, 0.2) is 0 Å². The number of alkyl halides is 3. The number of nitrogens with one attached hydrogen (secondary N) is 2. The molecule has 0 radical (unpaired) electrons. The van der Waals surface area contributed by atoms with Crippen molar-refractivity contribution in [1.29, 1.82) is 0 Å². The summed E-state index contributed by atoms with van der Waals surface area (Å²) in [5.41, 5.74) is -0.604. The molecule has 0 aliphatic carbocycles. The number of alkyl carbamates (subject to hydrolysis) is 1. The molecule has 1 aliphatic heterocycles. The van der Waals surface area contributed by atoms with Crippen LogP contribution >= 0.6 is 0 Å². The predicted molar refractivity (Wildman–Crippen MR) is 64.8 cm³/mol. The van der Waals surface area contributed by atoms with Crippen molar-refractivity contribution in [3.63, 3.8) is 0 Å². The van der Waals surface area contributed by atoms with Crippen molar-refractivity contribution in [1.82, 2.24) is 10.6 Å². The van der Waals surface area contributed by atoms with Crippen molar-refractivity contribution < 1.29 is 22.7 Å². The highest BCUT2D eigenvalue weighted by molar-refractivity contribution is 5.67. The van der Waals surface area contributed by atoms with Crippen LogP contribution in [0.25, 0.3) is 0 Å². The normalized spacial score (nSPS) is 24.9. The molecule has 0 unspecified atom stereocenters. The molecule has 0 bridgehead atoms. The second-order valence-electron chi connectivity index (χ2n) is 5.82. The first-order valence-corrected chi connectivity index (χ1v) is 6.35. The monoisotopic (exact) mass is 282 g/mol. The van der Waals surface area contributed by atoms with Crippen molar-refractivity contribution in [2.75, 3.05) is 13.1 Å². The van der Waals surface area contributed by atoms with Crippen molar-refractivity contribution in [3.05, 3.63) is 0 Å². The summed E-state index contributed by atoms with van der Waals surface area (Å²) in [6.45, 7) is 5.72. The summed E-state index contributed by atoms with van der Waals surface area (Å²) >= 11 is 0. The van der Waals surface area contributed by atoms with Crippen LogP contribution in [-0.2, 0) is 4.74 Å². The van der Waals surface area contributed by atoms with E-state index >= 15 is 0 Å². The molecule has 1 amide bonds. The van der Waals surface area contributed by atoms with E-state index in [2.05, 4.69) is 10.6 Å². The van der Waals surface area contributed by atoms with Gasteiger partial charge in [-0.05, 0) is 46.1 Å². The number of ether oxygens (including phenoxy) is 1. The second-order valence-corrected chi connectivity index (χ2v) is 5.82. The second kappa shape index (κ2) is 5.98. The van der Waals surface area contributed by atoms with Gasteiger partial charge in [-0.15, -0.1) is 0 Å². The topological polar surface area (TPSA) is 50.4 Å². The summed E-state index contributed by atoms with van der Waals surface area (Å²) < 4.78 is 42.7. The van der Waals surface area contributed by atoms with Crippen LogP contribution < -0.4 is 10.6 Å². The van der Waals surface area contributed by atoms with Gasteiger partial charge in [0.2, 0.25) is 0 Å². The SMILES string of the molecule is CC(C)(C)OC(=O)NC[C@@H]1CCN[C@H](C(F)(F)F)C1. The van der Waals surface area contributed by atoms with E-state index in [9.17, 15) is 18.0 Å². The molecule has 2 atom stereocenters. The molecule has 1 fully saturated rings.